The van der Waals surface area contributed by atoms with Gasteiger partial charge in [0.1, 0.15) is 0 Å². The van der Waals surface area contributed by atoms with Crippen molar-refractivity contribution in [2.75, 3.05) is 10.8 Å². The zero-order valence-electron chi connectivity index (χ0n) is 14.7. The quantitative estimate of drug-likeness (QED) is 0.878. The number of carbonyl (C=O) groups is 1. The number of carbonyl (C=O) groups excluding carboxylic acids is 1. The average molecular weight is 367 g/mol. The minimum absolute atomic E-state index is 0.363. The normalized spacial score (nSPS) is 20.1. The Morgan fingerprint density at radius 3 is 2.58 bits per heavy atom. The fraction of sp³-hybridized carbons (Fsp3) is 0.421. The summed E-state index contributed by atoms with van der Waals surface area (Å²) in [4.78, 5) is 18.9. The van der Waals surface area contributed by atoms with Gasteiger partial charge in [-0.15, -0.1) is 0 Å². The molecule has 0 spiro atoms. The van der Waals surface area contributed by atoms with Crippen molar-refractivity contribution in [3.05, 3.63) is 46.4 Å². The van der Waals surface area contributed by atoms with E-state index in [1.54, 1.807) is 0 Å². The fourth-order valence-corrected chi connectivity index (χ4v) is 4.54. The Morgan fingerprint density at radius 2 is 2.00 bits per heavy atom. The van der Waals surface area contributed by atoms with Gasteiger partial charge in [-0.2, -0.15) is 5.10 Å². The van der Waals surface area contributed by atoms with Crippen LogP contribution in [0.1, 0.15) is 55.8 Å². The van der Waals surface area contributed by atoms with E-state index in [-0.39, 0.29) is 5.91 Å². The van der Waals surface area contributed by atoms with Crippen molar-refractivity contribution in [3.8, 4) is 5.82 Å². The van der Waals surface area contributed by atoms with E-state index in [1.165, 1.54) is 48.8 Å². The van der Waals surface area contributed by atoms with Crippen LogP contribution in [0.4, 0.5) is 5.69 Å². The maximum absolute atomic E-state index is 11.5. The number of thioether (sulfide) groups is 1. The highest BCUT2D eigenvalue weighted by Gasteiger charge is 2.33. The lowest BCUT2D eigenvalue weighted by atomic mass is 10.2. The van der Waals surface area contributed by atoms with Crippen LogP contribution in [0.15, 0.2) is 35.0 Å². The molecule has 2 aromatic rings. The standard InChI is InChI=1S/C19H21N5OS/c1-11-18(19(20)25)26-10-23(11)14-6-7-17(21-9-14)24-16(13-4-5-13)8-15(22-24)12-2-3-12/h6-9,12-13H,2-5,10H2,1H3,(H2,20,25). The van der Waals surface area contributed by atoms with E-state index in [2.05, 4.69) is 16.0 Å². The first-order valence-corrected chi connectivity index (χ1v) is 10.1. The molecule has 0 bridgehead atoms. The molecule has 0 atom stereocenters. The average Bonchev–Trinajstić information content (AvgIpc) is 3.57. The van der Waals surface area contributed by atoms with Crippen LogP contribution in [-0.2, 0) is 4.79 Å². The molecular weight excluding hydrogens is 346 g/mol. The molecule has 1 aliphatic heterocycles. The van der Waals surface area contributed by atoms with Crippen molar-refractivity contribution in [1.29, 1.82) is 0 Å². The predicted octanol–water partition coefficient (Wildman–Crippen LogP) is 3.25. The van der Waals surface area contributed by atoms with Gasteiger partial charge >= 0.3 is 0 Å². The van der Waals surface area contributed by atoms with Crippen LogP contribution in [-0.4, -0.2) is 26.5 Å². The Balaban J connectivity index is 1.45. The summed E-state index contributed by atoms with van der Waals surface area (Å²) in [6, 6.07) is 6.35. The first-order chi connectivity index (χ1) is 12.6. The van der Waals surface area contributed by atoms with Gasteiger partial charge in [-0.25, -0.2) is 9.67 Å². The number of aromatic nitrogens is 3. The number of hydrogen-bond donors (Lipinski definition) is 1. The SMILES string of the molecule is CC1=C(C(N)=O)SCN1c1ccc(-n2nc(C3CC3)cc2C2CC2)nc1. The number of nitrogens with two attached hydrogens (primary N) is 1. The van der Waals surface area contributed by atoms with Crippen LogP contribution in [0.3, 0.4) is 0 Å². The first-order valence-electron chi connectivity index (χ1n) is 9.09. The molecule has 2 aromatic heterocycles. The Kier molecular flexibility index (Phi) is 3.60. The molecule has 3 aliphatic rings. The van der Waals surface area contributed by atoms with Crippen LogP contribution < -0.4 is 10.6 Å². The summed E-state index contributed by atoms with van der Waals surface area (Å²) in [5, 5.41) is 4.85. The van der Waals surface area contributed by atoms with E-state index in [9.17, 15) is 4.79 Å². The summed E-state index contributed by atoms with van der Waals surface area (Å²) in [6.45, 7) is 1.93. The maximum Gasteiger partial charge on any atom is 0.256 e. The van der Waals surface area contributed by atoms with Crippen molar-refractivity contribution >= 4 is 23.4 Å². The molecule has 1 amide bonds. The van der Waals surface area contributed by atoms with Crippen molar-refractivity contribution in [3.63, 3.8) is 0 Å². The minimum Gasteiger partial charge on any atom is -0.365 e. The van der Waals surface area contributed by atoms with Gasteiger partial charge < -0.3 is 10.6 Å². The Bertz CT molecular complexity index is 909. The van der Waals surface area contributed by atoms with E-state index in [1.807, 2.05) is 29.9 Å². The lowest BCUT2D eigenvalue weighted by molar-refractivity contribution is -0.113. The van der Waals surface area contributed by atoms with Gasteiger partial charge in [0.2, 0.25) is 0 Å². The molecule has 7 heteroatoms. The van der Waals surface area contributed by atoms with E-state index in [0.29, 0.717) is 22.6 Å². The highest BCUT2D eigenvalue weighted by atomic mass is 32.2. The van der Waals surface area contributed by atoms with Gasteiger partial charge in [-0.1, -0.05) is 11.8 Å². The number of allylic oxidation sites excluding steroid dienone is 1. The second kappa shape index (κ2) is 5.87. The molecule has 2 N–H and O–H groups in total. The highest BCUT2D eigenvalue weighted by Crippen LogP contribution is 2.45. The number of anilines is 1. The largest absolute Gasteiger partial charge is 0.365 e. The molecule has 6 nitrogen and oxygen atoms in total. The molecular formula is C19H21N5OS. The van der Waals surface area contributed by atoms with Gasteiger partial charge in [0.15, 0.2) is 5.82 Å². The first kappa shape index (κ1) is 15.9. The summed E-state index contributed by atoms with van der Waals surface area (Å²) in [5.74, 6) is 2.47. The summed E-state index contributed by atoms with van der Waals surface area (Å²) in [5.41, 5.74) is 9.83. The minimum atomic E-state index is -0.363. The molecule has 26 heavy (non-hydrogen) atoms. The van der Waals surface area contributed by atoms with Crippen LogP contribution in [0, 0.1) is 0 Å². The number of nitrogens with zero attached hydrogens (tertiary/aromatic N) is 4. The third-order valence-electron chi connectivity index (χ3n) is 5.30. The third kappa shape index (κ3) is 2.70. The van der Waals surface area contributed by atoms with E-state index in [0.717, 1.165) is 17.2 Å². The number of hydrogen-bond acceptors (Lipinski definition) is 5. The number of pyridine rings is 1. The molecule has 0 aromatic carbocycles. The van der Waals surface area contributed by atoms with Crippen LogP contribution in [0.25, 0.3) is 5.82 Å². The summed E-state index contributed by atoms with van der Waals surface area (Å²) >= 11 is 1.48. The smallest absolute Gasteiger partial charge is 0.256 e. The fourth-order valence-electron chi connectivity index (χ4n) is 3.48. The predicted molar refractivity (Wildman–Crippen MR) is 102 cm³/mol. The van der Waals surface area contributed by atoms with E-state index in [4.69, 9.17) is 10.8 Å². The summed E-state index contributed by atoms with van der Waals surface area (Å²) in [7, 11) is 0. The monoisotopic (exact) mass is 367 g/mol. The molecule has 2 saturated carbocycles. The van der Waals surface area contributed by atoms with Gasteiger partial charge in [-0.05, 0) is 50.8 Å². The van der Waals surface area contributed by atoms with Gasteiger partial charge in [-0.3, -0.25) is 4.79 Å². The number of primary amides is 1. The number of amides is 1. The van der Waals surface area contributed by atoms with Crippen molar-refractivity contribution in [2.45, 2.75) is 44.4 Å². The lowest BCUT2D eigenvalue weighted by Gasteiger charge is -2.19. The highest BCUT2D eigenvalue weighted by molar-refractivity contribution is 8.04. The molecule has 0 saturated heterocycles. The summed E-state index contributed by atoms with van der Waals surface area (Å²) in [6.07, 6.45) is 6.87. The molecule has 0 unspecified atom stereocenters. The van der Waals surface area contributed by atoms with Gasteiger partial charge in [0.25, 0.3) is 5.91 Å². The Morgan fingerprint density at radius 1 is 1.23 bits per heavy atom. The lowest BCUT2D eigenvalue weighted by Crippen LogP contribution is -2.18. The summed E-state index contributed by atoms with van der Waals surface area (Å²) < 4.78 is 2.03. The Labute approximate surface area is 156 Å². The molecule has 3 heterocycles. The Hall–Kier alpha value is -2.28. The molecule has 5 rings (SSSR count). The van der Waals surface area contributed by atoms with Crippen LogP contribution in [0.5, 0.6) is 0 Å². The maximum atomic E-state index is 11.5. The van der Waals surface area contributed by atoms with Crippen LogP contribution in [0.2, 0.25) is 0 Å². The van der Waals surface area contributed by atoms with Gasteiger partial charge in [0, 0.05) is 23.2 Å². The molecule has 0 radical (unpaired) electrons. The second-order valence-electron chi connectivity index (χ2n) is 7.31. The number of rotatable bonds is 5. The molecule has 2 fully saturated rings. The topological polar surface area (TPSA) is 77.0 Å². The van der Waals surface area contributed by atoms with Gasteiger partial charge in [0.05, 0.1) is 28.4 Å². The zero-order chi connectivity index (χ0) is 17.8. The molecule has 134 valence electrons. The van der Waals surface area contributed by atoms with E-state index >= 15 is 0 Å². The van der Waals surface area contributed by atoms with Crippen LogP contribution >= 0.6 is 11.8 Å². The molecule has 2 aliphatic carbocycles. The van der Waals surface area contributed by atoms with Crippen molar-refractivity contribution in [1.82, 2.24) is 14.8 Å². The zero-order valence-corrected chi connectivity index (χ0v) is 15.5. The van der Waals surface area contributed by atoms with Crippen molar-refractivity contribution < 1.29 is 4.79 Å². The third-order valence-corrected chi connectivity index (χ3v) is 6.48. The van der Waals surface area contributed by atoms with E-state index < -0.39 is 0 Å². The second-order valence-corrected chi connectivity index (χ2v) is 8.26. The van der Waals surface area contributed by atoms with Crippen molar-refractivity contribution in [2.24, 2.45) is 5.73 Å².